The van der Waals surface area contributed by atoms with Gasteiger partial charge < -0.3 is 10.6 Å². The van der Waals surface area contributed by atoms with Gasteiger partial charge in [0, 0.05) is 31.8 Å². The number of hydrogen-bond donors (Lipinski definition) is 1. The Hall–Kier alpha value is -2.86. The fraction of sp³-hybridized carbons (Fsp3) is 0.516. The van der Waals surface area contributed by atoms with E-state index in [0.29, 0.717) is 32.4 Å². The number of benzene rings is 2. The summed E-state index contributed by atoms with van der Waals surface area (Å²) in [6.45, 7) is 4.31. The number of piperidine rings is 1. The molecule has 1 aliphatic carbocycles. The number of nitrogens with two attached hydrogens (primary N) is 1. The zero-order valence-corrected chi connectivity index (χ0v) is 22.0. The quantitative estimate of drug-likeness (QED) is 0.506. The summed E-state index contributed by atoms with van der Waals surface area (Å²) in [4.78, 5) is 41.9. The number of Topliss-reactive ketones (excluding diaryl/α,β-unsaturated/α-hetero) is 2. The topological polar surface area (TPSA) is 80.5 Å². The van der Waals surface area contributed by atoms with Gasteiger partial charge in [-0.3, -0.25) is 14.4 Å². The minimum Gasteiger partial charge on any atom is -0.341 e. The van der Waals surface area contributed by atoms with Crippen LogP contribution in [0.4, 0.5) is 4.39 Å². The molecule has 0 aromatic heterocycles. The number of amides is 1. The van der Waals surface area contributed by atoms with Gasteiger partial charge in [0.2, 0.25) is 5.91 Å². The summed E-state index contributed by atoms with van der Waals surface area (Å²) in [6.07, 6.45) is 4.98. The molecule has 0 bridgehead atoms. The number of carbonyl (C=O) groups is 3. The van der Waals surface area contributed by atoms with Crippen molar-refractivity contribution >= 4 is 17.5 Å². The Morgan fingerprint density at radius 3 is 2.51 bits per heavy atom. The van der Waals surface area contributed by atoms with E-state index in [1.807, 2.05) is 23.1 Å². The number of aryl methyl sites for hydroxylation is 1. The molecule has 0 radical (unpaired) electrons. The maximum Gasteiger partial charge on any atom is 0.226 e. The first-order valence-electron chi connectivity index (χ1n) is 13.5. The lowest BCUT2D eigenvalue weighted by Crippen LogP contribution is -2.52. The van der Waals surface area contributed by atoms with Crippen molar-refractivity contribution in [3.8, 4) is 0 Å². The van der Waals surface area contributed by atoms with Crippen LogP contribution in [0.1, 0.15) is 75.8 Å². The van der Waals surface area contributed by atoms with Crippen LogP contribution in [0.5, 0.6) is 0 Å². The van der Waals surface area contributed by atoms with Crippen LogP contribution in [0.2, 0.25) is 0 Å². The molecule has 198 valence electrons. The van der Waals surface area contributed by atoms with Crippen LogP contribution >= 0.6 is 0 Å². The largest absolute Gasteiger partial charge is 0.341 e. The third-order valence-corrected chi connectivity index (χ3v) is 8.35. The molecule has 1 saturated heterocycles. The van der Waals surface area contributed by atoms with Crippen LogP contribution in [-0.2, 0) is 20.8 Å². The first kappa shape index (κ1) is 27.2. The molecular weight excluding hydrogens is 467 g/mol. The molecule has 1 spiro atoms. The number of hydrogen-bond acceptors (Lipinski definition) is 4. The molecule has 3 atom stereocenters. The van der Waals surface area contributed by atoms with Crippen molar-refractivity contribution < 1.29 is 18.8 Å². The lowest BCUT2D eigenvalue weighted by molar-refractivity contribution is -0.144. The Balaban J connectivity index is 1.52. The average molecular weight is 507 g/mol. The molecule has 2 aliphatic rings. The van der Waals surface area contributed by atoms with Crippen molar-refractivity contribution in [2.24, 2.45) is 17.1 Å². The fourth-order valence-electron chi connectivity index (χ4n) is 6.22. The molecular formula is C31H39FN2O3. The second-order valence-corrected chi connectivity index (χ2v) is 11.5. The van der Waals surface area contributed by atoms with Crippen LogP contribution in [-0.4, -0.2) is 41.0 Å². The van der Waals surface area contributed by atoms with Gasteiger partial charge in [-0.2, -0.15) is 0 Å². The molecule has 2 fully saturated rings. The van der Waals surface area contributed by atoms with Gasteiger partial charge in [0.15, 0.2) is 5.78 Å². The smallest absolute Gasteiger partial charge is 0.226 e. The van der Waals surface area contributed by atoms with E-state index in [0.717, 1.165) is 31.2 Å². The summed E-state index contributed by atoms with van der Waals surface area (Å²) in [5, 5.41) is 0. The van der Waals surface area contributed by atoms with E-state index >= 15 is 0 Å². The van der Waals surface area contributed by atoms with Crippen molar-refractivity contribution in [3.05, 3.63) is 71.5 Å². The summed E-state index contributed by atoms with van der Waals surface area (Å²) >= 11 is 0. The van der Waals surface area contributed by atoms with Gasteiger partial charge in [0.05, 0.1) is 11.0 Å². The van der Waals surface area contributed by atoms with Crippen LogP contribution in [0, 0.1) is 17.2 Å². The molecule has 2 aromatic rings. The fourth-order valence-corrected chi connectivity index (χ4v) is 6.22. The lowest BCUT2D eigenvalue weighted by Gasteiger charge is -2.44. The summed E-state index contributed by atoms with van der Waals surface area (Å²) in [5.74, 6) is -0.777. The van der Waals surface area contributed by atoms with E-state index in [2.05, 4.69) is 12.1 Å². The zero-order valence-electron chi connectivity index (χ0n) is 22.0. The van der Waals surface area contributed by atoms with E-state index < -0.39 is 16.9 Å². The molecule has 2 N–H and O–H groups in total. The van der Waals surface area contributed by atoms with Gasteiger partial charge in [-0.05, 0) is 81.5 Å². The first-order valence-corrected chi connectivity index (χ1v) is 13.5. The third kappa shape index (κ3) is 6.18. The Kier molecular flexibility index (Phi) is 8.27. The molecule has 2 aromatic carbocycles. The van der Waals surface area contributed by atoms with E-state index in [1.165, 1.54) is 17.7 Å². The monoisotopic (exact) mass is 506 g/mol. The SMILES string of the molecule is CC(C)(N)C(=O)C[C@H](CCCc1ccccc1)C(=O)N1CCCC2(C1)C(=O)CCC2c1ccc(F)cc1. The van der Waals surface area contributed by atoms with Gasteiger partial charge >= 0.3 is 0 Å². The van der Waals surface area contributed by atoms with Gasteiger partial charge in [0.25, 0.3) is 0 Å². The summed E-state index contributed by atoms with van der Waals surface area (Å²) < 4.78 is 13.6. The normalized spacial score (nSPS) is 22.9. The molecule has 37 heavy (non-hydrogen) atoms. The average Bonchev–Trinajstić information content (AvgIpc) is 3.18. The van der Waals surface area contributed by atoms with Crippen molar-refractivity contribution in [1.29, 1.82) is 0 Å². The number of ketones is 2. The van der Waals surface area contributed by atoms with Gasteiger partial charge in [-0.15, -0.1) is 0 Å². The molecule has 2 unspecified atom stereocenters. The highest BCUT2D eigenvalue weighted by molar-refractivity contribution is 5.93. The molecule has 1 saturated carbocycles. The molecule has 6 heteroatoms. The maximum atomic E-state index is 13.9. The van der Waals surface area contributed by atoms with E-state index in [1.54, 1.807) is 26.0 Å². The second-order valence-electron chi connectivity index (χ2n) is 11.5. The lowest BCUT2D eigenvalue weighted by atomic mass is 9.68. The predicted octanol–water partition coefficient (Wildman–Crippen LogP) is 5.22. The number of halogens is 1. The summed E-state index contributed by atoms with van der Waals surface area (Å²) in [6, 6.07) is 16.6. The van der Waals surface area contributed by atoms with E-state index in [-0.39, 0.29) is 35.6 Å². The second kappa shape index (κ2) is 11.3. The van der Waals surface area contributed by atoms with E-state index in [4.69, 9.17) is 5.73 Å². The zero-order chi connectivity index (χ0) is 26.6. The molecule has 1 heterocycles. The van der Waals surface area contributed by atoms with E-state index in [9.17, 15) is 18.8 Å². The van der Waals surface area contributed by atoms with Gasteiger partial charge in [-0.1, -0.05) is 42.5 Å². The minimum atomic E-state index is -1.00. The minimum absolute atomic E-state index is 0.0302. The van der Waals surface area contributed by atoms with Crippen molar-refractivity contribution in [1.82, 2.24) is 4.90 Å². The Bertz CT molecular complexity index is 1110. The predicted molar refractivity (Wildman–Crippen MR) is 142 cm³/mol. The summed E-state index contributed by atoms with van der Waals surface area (Å²) in [7, 11) is 0. The summed E-state index contributed by atoms with van der Waals surface area (Å²) in [5.41, 5.74) is 6.60. The molecule has 1 aliphatic heterocycles. The molecule has 5 nitrogen and oxygen atoms in total. The van der Waals surface area contributed by atoms with Crippen LogP contribution in [0.3, 0.4) is 0 Å². The molecule has 1 amide bonds. The maximum absolute atomic E-state index is 13.9. The number of nitrogens with zero attached hydrogens (tertiary/aromatic N) is 1. The highest BCUT2D eigenvalue weighted by atomic mass is 19.1. The highest BCUT2D eigenvalue weighted by Gasteiger charge is 2.53. The molecule has 4 rings (SSSR count). The standard InChI is InChI=1S/C31H39FN2O3/c1-30(2,33)28(36)20-24(11-6-10-22-8-4-3-5-9-22)29(37)34-19-7-18-31(21-34)26(16-17-27(31)35)23-12-14-25(32)15-13-23/h3-5,8-9,12-15,24,26H,6-7,10-11,16-21,33H2,1-2H3/t24-,26?,31?/m0/s1. The van der Waals surface area contributed by atoms with Crippen LogP contribution in [0.25, 0.3) is 0 Å². The number of likely N-dealkylation sites (tertiary alicyclic amines) is 1. The van der Waals surface area contributed by atoms with Gasteiger partial charge in [-0.25, -0.2) is 4.39 Å². The third-order valence-electron chi connectivity index (χ3n) is 8.35. The van der Waals surface area contributed by atoms with Crippen LogP contribution in [0.15, 0.2) is 54.6 Å². The van der Waals surface area contributed by atoms with Gasteiger partial charge in [0.1, 0.15) is 11.6 Å². The number of rotatable bonds is 9. The Labute approximate surface area is 219 Å². The Morgan fingerprint density at radius 1 is 1.14 bits per heavy atom. The highest BCUT2D eigenvalue weighted by Crippen LogP contribution is 2.52. The Morgan fingerprint density at radius 2 is 1.84 bits per heavy atom. The van der Waals surface area contributed by atoms with Crippen LogP contribution < -0.4 is 5.73 Å². The van der Waals surface area contributed by atoms with Crippen molar-refractivity contribution in [2.75, 3.05) is 13.1 Å². The first-order chi connectivity index (χ1) is 17.6. The van der Waals surface area contributed by atoms with Crippen molar-refractivity contribution in [2.45, 2.75) is 76.7 Å². The number of carbonyl (C=O) groups excluding carboxylic acids is 3. The van der Waals surface area contributed by atoms with Crippen molar-refractivity contribution in [3.63, 3.8) is 0 Å².